The Bertz CT molecular complexity index is 647. The van der Waals surface area contributed by atoms with Gasteiger partial charge in [-0.1, -0.05) is 0 Å². The van der Waals surface area contributed by atoms with E-state index in [2.05, 4.69) is 10.3 Å². The van der Waals surface area contributed by atoms with Crippen LogP contribution in [-0.2, 0) is 11.2 Å². The minimum absolute atomic E-state index is 0.108. The van der Waals surface area contributed by atoms with E-state index in [1.165, 1.54) is 11.3 Å². The normalized spacial score (nSPS) is 10.3. The Kier molecular flexibility index (Phi) is 4.14. The van der Waals surface area contributed by atoms with E-state index in [0.29, 0.717) is 17.7 Å². The first-order chi connectivity index (χ1) is 9.45. The molecule has 0 aliphatic rings. The van der Waals surface area contributed by atoms with Gasteiger partial charge in [-0.15, -0.1) is 11.3 Å². The summed E-state index contributed by atoms with van der Waals surface area (Å²) < 4.78 is 0. The Hall–Kier alpha value is -2.21. The zero-order valence-corrected chi connectivity index (χ0v) is 12.1. The number of aryl methyl sites for hydroxylation is 2. The number of hydrogen-bond donors (Lipinski definition) is 2. The Balaban J connectivity index is 2.01. The molecule has 0 aliphatic carbocycles. The van der Waals surface area contributed by atoms with Crippen molar-refractivity contribution in [3.05, 3.63) is 45.4 Å². The molecular weight excluding hydrogens is 274 g/mol. The smallest absolute Gasteiger partial charge is 0.248 e. The van der Waals surface area contributed by atoms with Crippen LogP contribution in [0.15, 0.2) is 24.3 Å². The van der Waals surface area contributed by atoms with E-state index in [4.69, 9.17) is 5.73 Å². The van der Waals surface area contributed by atoms with E-state index >= 15 is 0 Å². The van der Waals surface area contributed by atoms with Gasteiger partial charge >= 0.3 is 0 Å². The van der Waals surface area contributed by atoms with Gasteiger partial charge in [-0.05, 0) is 38.1 Å². The monoisotopic (exact) mass is 289 g/mol. The van der Waals surface area contributed by atoms with E-state index in [0.717, 1.165) is 15.6 Å². The summed E-state index contributed by atoms with van der Waals surface area (Å²) in [7, 11) is 0. The summed E-state index contributed by atoms with van der Waals surface area (Å²) in [6, 6.07) is 6.48. The molecule has 0 atom stereocenters. The number of benzene rings is 1. The number of hydrogen-bond acceptors (Lipinski definition) is 4. The molecule has 104 valence electrons. The highest BCUT2D eigenvalue weighted by molar-refractivity contribution is 7.11. The van der Waals surface area contributed by atoms with E-state index in [1.807, 2.05) is 13.8 Å². The first-order valence-electron chi connectivity index (χ1n) is 6.08. The minimum Gasteiger partial charge on any atom is -0.366 e. The SMILES string of the molecule is Cc1nc(C)c(CC(=O)Nc2ccc(C(N)=O)cc2)s1. The maximum atomic E-state index is 11.9. The number of aromatic nitrogens is 1. The second kappa shape index (κ2) is 5.83. The quantitative estimate of drug-likeness (QED) is 0.903. The average molecular weight is 289 g/mol. The van der Waals surface area contributed by atoms with Crippen LogP contribution in [0.5, 0.6) is 0 Å². The molecule has 1 heterocycles. The van der Waals surface area contributed by atoms with E-state index in [9.17, 15) is 9.59 Å². The van der Waals surface area contributed by atoms with Crippen molar-refractivity contribution in [1.82, 2.24) is 4.98 Å². The standard InChI is InChI=1S/C14H15N3O2S/c1-8-12(20-9(2)16-8)7-13(18)17-11-5-3-10(4-6-11)14(15)19/h3-6H,7H2,1-2H3,(H2,15,19)(H,17,18). The van der Waals surface area contributed by atoms with Crippen molar-refractivity contribution in [2.45, 2.75) is 20.3 Å². The maximum Gasteiger partial charge on any atom is 0.248 e. The molecule has 0 unspecified atom stereocenters. The van der Waals surface area contributed by atoms with Crippen molar-refractivity contribution < 1.29 is 9.59 Å². The number of thiazole rings is 1. The van der Waals surface area contributed by atoms with Crippen molar-refractivity contribution in [2.24, 2.45) is 5.73 Å². The molecule has 3 N–H and O–H groups in total. The summed E-state index contributed by atoms with van der Waals surface area (Å²) in [5.74, 6) is -0.595. The number of nitrogens with two attached hydrogens (primary N) is 1. The van der Waals surface area contributed by atoms with Crippen LogP contribution in [0.3, 0.4) is 0 Å². The number of amides is 2. The lowest BCUT2D eigenvalue weighted by atomic mass is 10.2. The molecule has 1 aromatic heterocycles. The fourth-order valence-corrected chi connectivity index (χ4v) is 2.74. The van der Waals surface area contributed by atoms with Gasteiger partial charge in [0.1, 0.15) is 0 Å². The van der Waals surface area contributed by atoms with Gasteiger partial charge in [0.05, 0.1) is 17.1 Å². The molecule has 0 aliphatic heterocycles. The Morgan fingerprint density at radius 1 is 1.25 bits per heavy atom. The summed E-state index contributed by atoms with van der Waals surface area (Å²) in [6.07, 6.45) is 0.301. The summed E-state index contributed by atoms with van der Waals surface area (Å²) in [6.45, 7) is 3.81. The van der Waals surface area contributed by atoms with Gasteiger partial charge in [0.2, 0.25) is 11.8 Å². The third-order valence-corrected chi connectivity index (χ3v) is 3.85. The topological polar surface area (TPSA) is 85.1 Å². The number of primary amides is 1. The molecule has 6 heteroatoms. The van der Waals surface area contributed by atoms with Crippen LogP contribution in [0.1, 0.15) is 25.9 Å². The Morgan fingerprint density at radius 3 is 2.40 bits per heavy atom. The van der Waals surface area contributed by atoms with Crippen LogP contribution in [0.25, 0.3) is 0 Å². The largest absolute Gasteiger partial charge is 0.366 e. The van der Waals surface area contributed by atoms with Crippen molar-refractivity contribution in [1.29, 1.82) is 0 Å². The summed E-state index contributed by atoms with van der Waals surface area (Å²) >= 11 is 1.53. The zero-order chi connectivity index (χ0) is 14.7. The third kappa shape index (κ3) is 3.42. The number of nitrogens with zero attached hydrogens (tertiary/aromatic N) is 1. The third-order valence-electron chi connectivity index (χ3n) is 2.77. The van der Waals surface area contributed by atoms with Crippen molar-refractivity contribution in [3.8, 4) is 0 Å². The van der Waals surface area contributed by atoms with Crippen LogP contribution in [0, 0.1) is 13.8 Å². The van der Waals surface area contributed by atoms with Crippen LogP contribution in [-0.4, -0.2) is 16.8 Å². The van der Waals surface area contributed by atoms with Gasteiger partial charge in [0.25, 0.3) is 0 Å². The first kappa shape index (κ1) is 14.2. The molecule has 0 saturated heterocycles. The van der Waals surface area contributed by atoms with Crippen molar-refractivity contribution >= 4 is 28.8 Å². The van der Waals surface area contributed by atoms with Gasteiger partial charge in [0.15, 0.2) is 0 Å². The van der Waals surface area contributed by atoms with Gasteiger partial charge in [-0.25, -0.2) is 4.98 Å². The summed E-state index contributed by atoms with van der Waals surface area (Å²) in [4.78, 5) is 28.1. The molecule has 2 rings (SSSR count). The van der Waals surface area contributed by atoms with E-state index in [-0.39, 0.29) is 5.91 Å². The van der Waals surface area contributed by atoms with E-state index in [1.54, 1.807) is 24.3 Å². The lowest BCUT2D eigenvalue weighted by Gasteiger charge is -2.05. The highest BCUT2D eigenvalue weighted by atomic mass is 32.1. The number of rotatable bonds is 4. The average Bonchev–Trinajstić information content (AvgIpc) is 2.68. The van der Waals surface area contributed by atoms with Gasteiger partial charge in [-0.2, -0.15) is 0 Å². The molecule has 0 saturated carbocycles. The van der Waals surface area contributed by atoms with Crippen LogP contribution in [0.2, 0.25) is 0 Å². The minimum atomic E-state index is -0.487. The Morgan fingerprint density at radius 2 is 1.90 bits per heavy atom. The van der Waals surface area contributed by atoms with E-state index < -0.39 is 5.91 Å². The number of nitrogens with one attached hydrogen (secondary N) is 1. The lowest BCUT2D eigenvalue weighted by molar-refractivity contribution is -0.115. The molecule has 0 radical (unpaired) electrons. The highest BCUT2D eigenvalue weighted by Crippen LogP contribution is 2.18. The molecule has 0 bridgehead atoms. The molecule has 0 spiro atoms. The van der Waals surface area contributed by atoms with Gasteiger partial charge in [-0.3, -0.25) is 9.59 Å². The predicted octanol–water partition coefficient (Wildman–Crippen LogP) is 2.04. The Labute approximate surface area is 120 Å². The molecule has 5 nitrogen and oxygen atoms in total. The summed E-state index contributed by atoms with van der Waals surface area (Å²) in [5, 5.41) is 3.74. The van der Waals surface area contributed by atoms with Crippen molar-refractivity contribution in [2.75, 3.05) is 5.32 Å². The van der Waals surface area contributed by atoms with Gasteiger partial charge in [0, 0.05) is 16.1 Å². The fourth-order valence-electron chi connectivity index (χ4n) is 1.81. The molecule has 2 amide bonds. The number of anilines is 1. The summed E-state index contributed by atoms with van der Waals surface area (Å²) in [5.41, 5.74) is 7.10. The maximum absolute atomic E-state index is 11.9. The van der Waals surface area contributed by atoms with Crippen LogP contribution < -0.4 is 11.1 Å². The van der Waals surface area contributed by atoms with Crippen LogP contribution in [0.4, 0.5) is 5.69 Å². The van der Waals surface area contributed by atoms with Crippen LogP contribution >= 0.6 is 11.3 Å². The molecule has 0 fully saturated rings. The second-order valence-electron chi connectivity index (χ2n) is 4.41. The number of carbonyl (C=O) groups excluding carboxylic acids is 2. The molecule has 2 aromatic rings. The van der Waals surface area contributed by atoms with Gasteiger partial charge < -0.3 is 11.1 Å². The first-order valence-corrected chi connectivity index (χ1v) is 6.90. The van der Waals surface area contributed by atoms with Crippen molar-refractivity contribution in [3.63, 3.8) is 0 Å². The zero-order valence-electron chi connectivity index (χ0n) is 11.3. The lowest BCUT2D eigenvalue weighted by Crippen LogP contribution is -2.15. The molecule has 1 aromatic carbocycles. The molecule has 20 heavy (non-hydrogen) atoms. The fraction of sp³-hybridized carbons (Fsp3) is 0.214. The second-order valence-corrected chi connectivity index (χ2v) is 5.70. The number of carbonyl (C=O) groups is 2. The highest BCUT2D eigenvalue weighted by Gasteiger charge is 2.10. The predicted molar refractivity (Wildman–Crippen MR) is 78.9 cm³/mol. The molecular formula is C14H15N3O2S.